The van der Waals surface area contributed by atoms with E-state index in [1.54, 1.807) is 18.2 Å². The molecule has 1 aromatic rings. The molecule has 0 saturated carbocycles. The zero-order valence-electron chi connectivity index (χ0n) is 10.3. The van der Waals surface area contributed by atoms with Crippen LogP contribution in [0.15, 0.2) is 22.7 Å². The van der Waals surface area contributed by atoms with Gasteiger partial charge in [0, 0.05) is 16.5 Å². The van der Waals surface area contributed by atoms with Gasteiger partial charge in [0.2, 0.25) is 6.41 Å². The lowest BCUT2D eigenvalue weighted by molar-refractivity contribution is -0.139. The van der Waals surface area contributed by atoms with E-state index in [4.69, 9.17) is 21.4 Å². The molecule has 0 saturated heterocycles. The second-order valence-corrected chi connectivity index (χ2v) is 6.11. The van der Waals surface area contributed by atoms with Crippen LogP contribution in [0.1, 0.15) is 0 Å². The predicted molar refractivity (Wildman–Crippen MR) is 82.6 cm³/mol. The minimum atomic E-state index is -1.05. The average molecular weight is 383 g/mol. The van der Waals surface area contributed by atoms with Crippen LogP contribution >= 0.6 is 39.3 Å². The van der Waals surface area contributed by atoms with Crippen LogP contribution in [-0.4, -0.2) is 41.6 Å². The Kier molecular flexibility index (Phi) is 7.79. The quantitative estimate of drug-likeness (QED) is 0.507. The van der Waals surface area contributed by atoms with Crippen molar-refractivity contribution in [2.75, 3.05) is 18.1 Å². The molecule has 0 aliphatic rings. The molecule has 0 aliphatic heterocycles. The molecule has 1 rings (SSSR count). The van der Waals surface area contributed by atoms with E-state index in [9.17, 15) is 9.59 Å². The number of nitrogens with one attached hydrogen (secondary N) is 1. The topological polar surface area (TPSA) is 75.6 Å². The fourth-order valence-corrected chi connectivity index (χ4v) is 2.92. The lowest BCUT2D eigenvalue weighted by Crippen LogP contribution is -2.38. The highest BCUT2D eigenvalue weighted by molar-refractivity contribution is 9.10. The number of thioether (sulfide) groups is 1. The van der Waals surface area contributed by atoms with Crippen LogP contribution in [0.5, 0.6) is 5.75 Å². The Morgan fingerprint density at radius 2 is 2.35 bits per heavy atom. The van der Waals surface area contributed by atoms with Crippen molar-refractivity contribution in [3.63, 3.8) is 0 Å². The Morgan fingerprint density at radius 3 is 2.95 bits per heavy atom. The maximum atomic E-state index is 10.8. The maximum absolute atomic E-state index is 10.8. The van der Waals surface area contributed by atoms with Crippen molar-refractivity contribution in [3.05, 3.63) is 27.7 Å². The monoisotopic (exact) mass is 381 g/mol. The average Bonchev–Trinajstić information content (AvgIpc) is 2.39. The predicted octanol–water partition coefficient (Wildman–Crippen LogP) is 2.41. The van der Waals surface area contributed by atoms with Gasteiger partial charge in [-0.25, -0.2) is 4.79 Å². The van der Waals surface area contributed by atoms with E-state index >= 15 is 0 Å². The molecule has 5 nitrogen and oxygen atoms in total. The number of hydrogen-bond acceptors (Lipinski definition) is 4. The first-order valence-electron chi connectivity index (χ1n) is 5.62. The van der Waals surface area contributed by atoms with Gasteiger partial charge in [0.15, 0.2) is 0 Å². The van der Waals surface area contributed by atoms with Crippen LogP contribution in [0.3, 0.4) is 0 Å². The Balaban J connectivity index is 2.27. The summed E-state index contributed by atoms with van der Waals surface area (Å²) in [5, 5.41) is 11.7. The van der Waals surface area contributed by atoms with Gasteiger partial charge < -0.3 is 15.2 Å². The number of ether oxygens (including phenoxy) is 1. The van der Waals surface area contributed by atoms with Gasteiger partial charge in [-0.1, -0.05) is 11.6 Å². The van der Waals surface area contributed by atoms with Crippen LogP contribution in [-0.2, 0) is 9.59 Å². The molecule has 0 bridgehead atoms. The fraction of sp³-hybridized carbons (Fsp3) is 0.333. The Hall–Kier alpha value is -0.920. The van der Waals surface area contributed by atoms with Crippen LogP contribution in [0.2, 0.25) is 5.02 Å². The van der Waals surface area contributed by atoms with Gasteiger partial charge in [-0.2, -0.15) is 11.8 Å². The molecule has 1 amide bonds. The number of hydrogen-bond donors (Lipinski definition) is 2. The molecule has 1 aromatic carbocycles. The Bertz CT molecular complexity index is 475. The first-order chi connectivity index (χ1) is 9.54. The van der Waals surface area contributed by atoms with Crippen molar-refractivity contribution in [2.45, 2.75) is 6.04 Å². The summed E-state index contributed by atoms with van der Waals surface area (Å²) >= 11 is 10.5. The largest absolute Gasteiger partial charge is 0.492 e. The molecule has 0 radical (unpaired) electrons. The second-order valence-electron chi connectivity index (χ2n) is 3.67. The summed E-state index contributed by atoms with van der Waals surface area (Å²) in [6.07, 6.45) is 0.390. The highest BCUT2D eigenvalue weighted by Crippen LogP contribution is 2.28. The normalized spacial score (nSPS) is 11.7. The molecule has 2 N–H and O–H groups in total. The maximum Gasteiger partial charge on any atom is 0.327 e. The number of carboxylic acid groups (broad SMARTS) is 1. The van der Waals surface area contributed by atoms with Gasteiger partial charge in [0.1, 0.15) is 11.8 Å². The first kappa shape index (κ1) is 17.1. The van der Waals surface area contributed by atoms with Gasteiger partial charge in [0.05, 0.1) is 11.1 Å². The van der Waals surface area contributed by atoms with Crippen molar-refractivity contribution in [1.29, 1.82) is 0 Å². The zero-order chi connectivity index (χ0) is 15.0. The summed E-state index contributed by atoms with van der Waals surface area (Å²) < 4.78 is 6.30. The SMILES string of the molecule is O=CNC(CSCCOc1ccc(Cl)cc1Br)C(=O)O. The smallest absolute Gasteiger partial charge is 0.327 e. The van der Waals surface area contributed by atoms with Crippen LogP contribution < -0.4 is 10.1 Å². The van der Waals surface area contributed by atoms with E-state index in [1.807, 2.05) is 0 Å². The van der Waals surface area contributed by atoms with Crippen LogP contribution in [0.25, 0.3) is 0 Å². The minimum Gasteiger partial charge on any atom is -0.492 e. The fourth-order valence-electron chi connectivity index (χ4n) is 1.28. The molecule has 110 valence electrons. The van der Waals surface area contributed by atoms with Crippen molar-refractivity contribution in [3.8, 4) is 5.75 Å². The number of rotatable bonds is 9. The number of carbonyl (C=O) groups is 2. The third-order valence-electron chi connectivity index (χ3n) is 2.23. The first-order valence-corrected chi connectivity index (χ1v) is 7.95. The Labute approximate surface area is 134 Å². The van der Waals surface area contributed by atoms with Gasteiger partial charge in [-0.15, -0.1) is 0 Å². The molecule has 20 heavy (non-hydrogen) atoms. The van der Waals surface area contributed by atoms with Crippen LogP contribution in [0, 0.1) is 0 Å². The highest BCUT2D eigenvalue weighted by atomic mass is 79.9. The number of halogens is 2. The van der Waals surface area contributed by atoms with Gasteiger partial charge in [-0.3, -0.25) is 4.79 Å². The molecule has 0 fully saturated rings. The number of carboxylic acids is 1. The van der Waals surface area contributed by atoms with Gasteiger partial charge >= 0.3 is 5.97 Å². The molecule has 1 unspecified atom stereocenters. The van der Waals surface area contributed by atoms with Gasteiger partial charge in [-0.05, 0) is 34.1 Å². The summed E-state index contributed by atoms with van der Waals surface area (Å²) in [6, 6.07) is 4.34. The number of carbonyl (C=O) groups excluding carboxylic acids is 1. The van der Waals surface area contributed by atoms with E-state index in [-0.39, 0.29) is 0 Å². The standard InChI is InChI=1S/C12H13BrClNO4S/c13-9-5-8(14)1-2-11(9)19-3-4-20-6-10(12(17)18)15-7-16/h1-2,5,7,10H,3-4,6H2,(H,15,16)(H,17,18). The summed E-state index contributed by atoms with van der Waals surface area (Å²) in [6.45, 7) is 0.429. The van der Waals surface area contributed by atoms with Crippen molar-refractivity contribution in [1.82, 2.24) is 5.32 Å². The second kappa shape index (κ2) is 9.10. The van der Waals surface area contributed by atoms with Crippen molar-refractivity contribution in [2.24, 2.45) is 0 Å². The van der Waals surface area contributed by atoms with E-state index in [1.165, 1.54) is 11.8 Å². The third kappa shape index (κ3) is 6.02. The summed E-state index contributed by atoms with van der Waals surface area (Å²) in [7, 11) is 0. The van der Waals surface area contributed by atoms with Gasteiger partial charge in [0.25, 0.3) is 0 Å². The molecule has 0 spiro atoms. The zero-order valence-corrected chi connectivity index (χ0v) is 13.5. The number of benzene rings is 1. The summed E-state index contributed by atoms with van der Waals surface area (Å²) in [5.41, 5.74) is 0. The summed E-state index contributed by atoms with van der Waals surface area (Å²) in [4.78, 5) is 21.0. The lowest BCUT2D eigenvalue weighted by Gasteiger charge is -2.11. The third-order valence-corrected chi connectivity index (χ3v) is 4.11. The summed E-state index contributed by atoms with van der Waals surface area (Å²) in [5.74, 6) is 0.528. The molecule has 0 aliphatic carbocycles. The van der Waals surface area contributed by atoms with Crippen molar-refractivity contribution >= 4 is 51.7 Å². The molecule has 1 atom stereocenters. The van der Waals surface area contributed by atoms with E-state index in [0.29, 0.717) is 35.3 Å². The number of aliphatic carboxylic acids is 1. The number of amides is 1. The Morgan fingerprint density at radius 1 is 1.60 bits per heavy atom. The minimum absolute atomic E-state index is 0.291. The van der Waals surface area contributed by atoms with Crippen molar-refractivity contribution < 1.29 is 19.4 Å². The van der Waals surface area contributed by atoms with E-state index < -0.39 is 12.0 Å². The van der Waals surface area contributed by atoms with E-state index in [2.05, 4.69) is 21.2 Å². The highest BCUT2D eigenvalue weighted by Gasteiger charge is 2.15. The van der Waals surface area contributed by atoms with E-state index in [0.717, 1.165) is 4.47 Å². The molecule has 0 heterocycles. The molecule has 0 aromatic heterocycles. The molecular weight excluding hydrogens is 370 g/mol. The van der Waals surface area contributed by atoms with Crippen LogP contribution in [0.4, 0.5) is 0 Å². The molecular formula is C12H13BrClNO4S. The molecule has 8 heteroatoms. The lowest BCUT2D eigenvalue weighted by atomic mass is 10.3.